The van der Waals surface area contributed by atoms with Gasteiger partial charge in [-0.15, -0.1) is 0 Å². The van der Waals surface area contributed by atoms with Gasteiger partial charge in [0.15, 0.2) is 0 Å². The molecule has 0 aliphatic heterocycles. The van der Waals surface area contributed by atoms with E-state index >= 15 is 0 Å². The zero-order valence-corrected chi connectivity index (χ0v) is 12.0. The van der Waals surface area contributed by atoms with Crippen molar-refractivity contribution in [1.82, 2.24) is 9.78 Å². The van der Waals surface area contributed by atoms with Gasteiger partial charge in [0.2, 0.25) is 0 Å². The van der Waals surface area contributed by atoms with Crippen LogP contribution in [0.25, 0.3) is 0 Å². The molecule has 100 valence electrons. The highest BCUT2D eigenvalue weighted by molar-refractivity contribution is 9.10. The molecule has 0 atom stereocenters. The average Bonchev–Trinajstić information content (AvgIpc) is 2.75. The van der Waals surface area contributed by atoms with Crippen molar-refractivity contribution >= 4 is 27.6 Å². The Kier molecular flexibility index (Phi) is 4.21. The standard InChI is InChI=1S/C13H14BrN3O2/c1-9-7-16-17(8-9)5-4-15-10-2-3-11(13(18)19)12(14)6-10/h2-3,6-8,15H,4-5H2,1H3,(H,18,19). The summed E-state index contributed by atoms with van der Waals surface area (Å²) in [5, 5.41) is 16.3. The molecule has 6 heteroatoms. The number of aromatic nitrogens is 2. The molecule has 0 fully saturated rings. The first-order valence-electron chi connectivity index (χ1n) is 5.82. The predicted molar refractivity (Wildman–Crippen MR) is 76.6 cm³/mol. The molecular formula is C13H14BrN3O2. The Balaban J connectivity index is 1.93. The number of carboxylic acids is 1. The third kappa shape index (κ3) is 3.57. The number of halogens is 1. The van der Waals surface area contributed by atoms with Gasteiger partial charge < -0.3 is 10.4 Å². The number of hydrogen-bond acceptors (Lipinski definition) is 3. The lowest BCUT2D eigenvalue weighted by Gasteiger charge is -2.08. The summed E-state index contributed by atoms with van der Waals surface area (Å²) in [5.41, 5.74) is 2.27. The Morgan fingerprint density at radius 2 is 2.32 bits per heavy atom. The maximum atomic E-state index is 10.9. The number of nitrogens with one attached hydrogen (secondary N) is 1. The van der Waals surface area contributed by atoms with Crippen LogP contribution in [0.2, 0.25) is 0 Å². The van der Waals surface area contributed by atoms with E-state index < -0.39 is 5.97 Å². The summed E-state index contributed by atoms with van der Waals surface area (Å²) in [6, 6.07) is 5.09. The lowest BCUT2D eigenvalue weighted by molar-refractivity contribution is 0.0696. The van der Waals surface area contributed by atoms with Crippen LogP contribution in [-0.4, -0.2) is 27.4 Å². The first kappa shape index (κ1) is 13.6. The van der Waals surface area contributed by atoms with Gasteiger partial charge in [-0.1, -0.05) is 0 Å². The number of nitrogens with zero attached hydrogens (tertiary/aromatic N) is 2. The highest BCUT2D eigenvalue weighted by Crippen LogP contribution is 2.21. The van der Waals surface area contributed by atoms with Crippen LogP contribution in [0.1, 0.15) is 15.9 Å². The summed E-state index contributed by atoms with van der Waals surface area (Å²) < 4.78 is 2.43. The number of aromatic carboxylic acids is 1. The quantitative estimate of drug-likeness (QED) is 0.887. The van der Waals surface area contributed by atoms with Gasteiger partial charge in [0, 0.05) is 22.9 Å². The van der Waals surface area contributed by atoms with Gasteiger partial charge in [0.25, 0.3) is 0 Å². The molecule has 0 radical (unpaired) electrons. The summed E-state index contributed by atoms with van der Waals surface area (Å²) >= 11 is 3.25. The van der Waals surface area contributed by atoms with Gasteiger partial charge in [-0.3, -0.25) is 4.68 Å². The monoisotopic (exact) mass is 323 g/mol. The minimum atomic E-state index is -0.939. The van der Waals surface area contributed by atoms with Crippen molar-refractivity contribution in [2.24, 2.45) is 0 Å². The number of carbonyl (C=O) groups is 1. The number of anilines is 1. The van der Waals surface area contributed by atoms with Gasteiger partial charge in [-0.25, -0.2) is 4.79 Å². The molecule has 5 nitrogen and oxygen atoms in total. The molecule has 0 saturated carbocycles. The van der Waals surface area contributed by atoms with E-state index in [0.29, 0.717) is 4.47 Å². The van der Waals surface area contributed by atoms with Gasteiger partial charge in [0.05, 0.1) is 18.3 Å². The summed E-state index contributed by atoms with van der Waals surface area (Å²) in [6.45, 7) is 3.48. The Morgan fingerprint density at radius 3 is 2.89 bits per heavy atom. The molecule has 19 heavy (non-hydrogen) atoms. The molecular weight excluding hydrogens is 310 g/mol. The van der Waals surface area contributed by atoms with Gasteiger partial charge in [0.1, 0.15) is 0 Å². The summed E-state index contributed by atoms with van der Waals surface area (Å²) in [4.78, 5) is 10.9. The van der Waals surface area contributed by atoms with E-state index in [1.807, 2.05) is 24.0 Å². The molecule has 0 aliphatic rings. The smallest absolute Gasteiger partial charge is 0.336 e. The lowest BCUT2D eigenvalue weighted by atomic mass is 10.2. The third-order valence-corrected chi connectivity index (χ3v) is 3.29. The lowest BCUT2D eigenvalue weighted by Crippen LogP contribution is -2.11. The molecule has 0 aliphatic carbocycles. The van der Waals surface area contributed by atoms with Crippen LogP contribution in [0, 0.1) is 6.92 Å². The Hall–Kier alpha value is -1.82. The van der Waals surface area contributed by atoms with Crippen molar-refractivity contribution in [3.63, 3.8) is 0 Å². The van der Waals surface area contributed by atoms with Crippen LogP contribution in [0.5, 0.6) is 0 Å². The van der Waals surface area contributed by atoms with Crippen LogP contribution < -0.4 is 5.32 Å². The number of aryl methyl sites for hydroxylation is 1. The fourth-order valence-electron chi connectivity index (χ4n) is 1.70. The Labute approximate surface area is 119 Å². The van der Waals surface area contributed by atoms with Gasteiger partial charge in [-0.2, -0.15) is 5.10 Å². The highest BCUT2D eigenvalue weighted by Gasteiger charge is 2.08. The fraction of sp³-hybridized carbons (Fsp3) is 0.231. The molecule has 1 aromatic heterocycles. The number of hydrogen-bond donors (Lipinski definition) is 2. The molecule has 0 bridgehead atoms. The summed E-state index contributed by atoms with van der Waals surface area (Å²) in [5.74, 6) is -0.939. The molecule has 2 aromatic rings. The number of rotatable bonds is 5. The number of benzene rings is 1. The molecule has 0 spiro atoms. The van der Waals surface area contributed by atoms with Crippen LogP contribution in [0.3, 0.4) is 0 Å². The molecule has 2 rings (SSSR count). The molecule has 0 saturated heterocycles. The second-order valence-electron chi connectivity index (χ2n) is 4.21. The Morgan fingerprint density at radius 1 is 1.53 bits per heavy atom. The second-order valence-corrected chi connectivity index (χ2v) is 5.06. The molecule has 2 N–H and O–H groups in total. The molecule has 1 heterocycles. The van der Waals surface area contributed by atoms with Crippen LogP contribution in [0.4, 0.5) is 5.69 Å². The molecule has 0 unspecified atom stereocenters. The second kappa shape index (κ2) is 5.88. The summed E-state index contributed by atoms with van der Waals surface area (Å²) in [6.07, 6.45) is 3.80. The van der Waals surface area contributed by atoms with Crippen molar-refractivity contribution < 1.29 is 9.90 Å². The largest absolute Gasteiger partial charge is 0.478 e. The topological polar surface area (TPSA) is 67.2 Å². The minimum Gasteiger partial charge on any atom is -0.478 e. The van der Waals surface area contributed by atoms with Crippen LogP contribution in [-0.2, 0) is 6.54 Å². The van der Waals surface area contributed by atoms with Crippen molar-refractivity contribution in [3.05, 3.63) is 46.2 Å². The van der Waals surface area contributed by atoms with Crippen molar-refractivity contribution in [2.45, 2.75) is 13.5 Å². The maximum absolute atomic E-state index is 10.9. The van der Waals surface area contributed by atoms with Gasteiger partial charge in [-0.05, 0) is 46.6 Å². The van der Waals surface area contributed by atoms with Gasteiger partial charge >= 0.3 is 5.97 Å². The van der Waals surface area contributed by atoms with E-state index in [1.165, 1.54) is 0 Å². The maximum Gasteiger partial charge on any atom is 0.336 e. The van der Waals surface area contributed by atoms with Crippen LogP contribution in [0.15, 0.2) is 35.1 Å². The molecule has 0 amide bonds. The van der Waals surface area contributed by atoms with E-state index in [-0.39, 0.29) is 5.56 Å². The van der Waals surface area contributed by atoms with E-state index in [1.54, 1.807) is 18.2 Å². The first-order chi connectivity index (χ1) is 9.06. The number of carboxylic acid groups (broad SMARTS) is 1. The summed E-state index contributed by atoms with van der Waals surface area (Å²) in [7, 11) is 0. The SMILES string of the molecule is Cc1cnn(CCNc2ccc(C(=O)O)c(Br)c2)c1. The van der Waals surface area contributed by atoms with E-state index in [2.05, 4.69) is 26.3 Å². The molecule has 1 aromatic carbocycles. The average molecular weight is 324 g/mol. The third-order valence-electron chi connectivity index (χ3n) is 2.63. The van der Waals surface area contributed by atoms with Crippen molar-refractivity contribution in [3.8, 4) is 0 Å². The Bertz CT molecular complexity index is 595. The first-order valence-corrected chi connectivity index (χ1v) is 6.61. The van der Waals surface area contributed by atoms with Crippen molar-refractivity contribution in [2.75, 3.05) is 11.9 Å². The minimum absolute atomic E-state index is 0.258. The zero-order valence-electron chi connectivity index (χ0n) is 10.4. The van der Waals surface area contributed by atoms with Crippen molar-refractivity contribution in [1.29, 1.82) is 0 Å². The van der Waals surface area contributed by atoms with E-state index in [4.69, 9.17) is 5.11 Å². The predicted octanol–water partition coefficient (Wildman–Crippen LogP) is 2.76. The highest BCUT2D eigenvalue weighted by atomic mass is 79.9. The van der Waals surface area contributed by atoms with Crippen LogP contribution >= 0.6 is 15.9 Å². The fourth-order valence-corrected chi connectivity index (χ4v) is 2.25. The zero-order chi connectivity index (χ0) is 13.8. The normalized spacial score (nSPS) is 10.4. The van der Waals surface area contributed by atoms with E-state index in [9.17, 15) is 4.79 Å². The van der Waals surface area contributed by atoms with E-state index in [0.717, 1.165) is 24.3 Å².